The first-order valence-corrected chi connectivity index (χ1v) is 9.42. The van der Waals surface area contributed by atoms with Crippen LogP contribution < -0.4 is 15.4 Å². The Morgan fingerprint density at radius 3 is 2.33 bits per heavy atom. The van der Waals surface area contributed by atoms with E-state index in [1.807, 2.05) is 0 Å². The Kier molecular flexibility index (Phi) is 6.54. The molecule has 2 aromatic carbocycles. The maximum absolute atomic E-state index is 12.2. The van der Waals surface area contributed by atoms with Crippen LogP contribution in [0.4, 0.5) is 5.69 Å². The van der Waals surface area contributed by atoms with Crippen molar-refractivity contribution in [3.63, 3.8) is 0 Å². The number of sulfonamides is 1. The van der Waals surface area contributed by atoms with Gasteiger partial charge in [-0.3, -0.25) is 9.59 Å². The van der Waals surface area contributed by atoms with Gasteiger partial charge in [0.05, 0.1) is 18.6 Å². The number of carbonyl (C=O) groups is 2. The van der Waals surface area contributed by atoms with Crippen LogP contribution in [0.3, 0.4) is 0 Å². The smallest absolute Gasteiger partial charge is 0.251 e. The van der Waals surface area contributed by atoms with Gasteiger partial charge in [0.1, 0.15) is 5.75 Å². The van der Waals surface area contributed by atoms with Crippen molar-refractivity contribution < 1.29 is 22.7 Å². The van der Waals surface area contributed by atoms with Crippen molar-refractivity contribution in [2.75, 3.05) is 33.1 Å². The molecule has 144 valence electrons. The lowest BCUT2D eigenvalue weighted by molar-refractivity contribution is -0.115. The fourth-order valence-corrected chi connectivity index (χ4v) is 3.10. The fourth-order valence-electron chi connectivity index (χ4n) is 2.15. The van der Waals surface area contributed by atoms with Crippen molar-refractivity contribution in [1.82, 2.24) is 9.62 Å². The van der Waals surface area contributed by atoms with E-state index in [-0.39, 0.29) is 17.0 Å². The van der Waals surface area contributed by atoms with Gasteiger partial charge in [0.25, 0.3) is 5.91 Å². The Balaban J connectivity index is 1.98. The zero-order chi connectivity index (χ0) is 20.0. The number of carbonyl (C=O) groups excluding carboxylic acids is 2. The average molecular weight is 391 g/mol. The molecule has 0 bridgehead atoms. The third-order valence-electron chi connectivity index (χ3n) is 3.66. The van der Waals surface area contributed by atoms with Crippen LogP contribution in [-0.2, 0) is 14.8 Å². The van der Waals surface area contributed by atoms with Gasteiger partial charge in [-0.05, 0) is 42.5 Å². The zero-order valence-corrected chi connectivity index (χ0v) is 16.0. The summed E-state index contributed by atoms with van der Waals surface area (Å²) >= 11 is 0. The summed E-state index contributed by atoms with van der Waals surface area (Å²) in [6, 6.07) is 12.4. The van der Waals surface area contributed by atoms with Gasteiger partial charge in [-0.25, -0.2) is 12.7 Å². The van der Waals surface area contributed by atoms with Crippen LogP contribution >= 0.6 is 0 Å². The standard InChI is InChI=1S/C18H21N3O5S/c1-21(2)27(24,25)16-6-4-5-13(11-16)18(23)19-12-17(22)20-14-7-9-15(26-3)10-8-14/h4-11H,12H2,1-3H3,(H,19,23)(H,20,22). The second kappa shape index (κ2) is 8.65. The van der Waals surface area contributed by atoms with Crippen molar-refractivity contribution in [3.8, 4) is 5.75 Å². The van der Waals surface area contributed by atoms with Crippen molar-refractivity contribution in [1.29, 1.82) is 0 Å². The summed E-state index contributed by atoms with van der Waals surface area (Å²) in [6.45, 7) is -0.254. The highest BCUT2D eigenvalue weighted by Gasteiger charge is 2.19. The van der Waals surface area contributed by atoms with Gasteiger partial charge in [-0.2, -0.15) is 0 Å². The Hall–Kier alpha value is -2.91. The molecular weight excluding hydrogens is 370 g/mol. The molecule has 2 rings (SSSR count). The third kappa shape index (κ3) is 5.28. The minimum Gasteiger partial charge on any atom is -0.497 e. The van der Waals surface area contributed by atoms with E-state index >= 15 is 0 Å². The highest BCUT2D eigenvalue weighted by molar-refractivity contribution is 7.89. The van der Waals surface area contributed by atoms with Gasteiger partial charge >= 0.3 is 0 Å². The van der Waals surface area contributed by atoms with Gasteiger partial charge in [0.15, 0.2) is 0 Å². The third-order valence-corrected chi connectivity index (χ3v) is 5.47. The summed E-state index contributed by atoms with van der Waals surface area (Å²) in [5.74, 6) is -0.296. The number of hydrogen-bond donors (Lipinski definition) is 2. The summed E-state index contributed by atoms with van der Waals surface area (Å²) in [6.07, 6.45) is 0. The number of ether oxygens (including phenoxy) is 1. The minimum atomic E-state index is -3.65. The Morgan fingerprint density at radius 1 is 1.07 bits per heavy atom. The number of methoxy groups -OCH3 is 1. The first-order chi connectivity index (χ1) is 12.7. The predicted molar refractivity (Wildman–Crippen MR) is 101 cm³/mol. The van der Waals surface area contributed by atoms with Crippen LogP contribution in [0.2, 0.25) is 0 Å². The van der Waals surface area contributed by atoms with E-state index in [9.17, 15) is 18.0 Å². The maximum Gasteiger partial charge on any atom is 0.251 e. The normalized spacial score (nSPS) is 11.1. The number of rotatable bonds is 7. The van der Waals surface area contributed by atoms with Crippen molar-refractivity contribution >= 4 is 27.5 Å². The van der Waals surface area contributed by atoms with Gasteiger partial charge in [0.2, 0.25) is 15.9 Å². The molecule has 0 heterocycles. The first kappa shape index (κ1) is 20.4. The summed E-state index contributed by atoms with van der Waals surface area (Å²) < 4.78 is 30.4. The molecule has 2 aromatic rings. The number of hydrogen-bond acceptors (Lipinski definition) is 5. The summed E-state index contributed by atoms with van der Waals surface area (Å²) in [5.41, 5.74) is 0.712. The van der Waals surface area contributed by atoms with E-state index in [0.29, 0.717) is 11.4 Å². The molecule has 0 atom stereocenters. The second-order valence-electron chi connectivity index (χ2n) is 5.77. The average Bonchev–Trinajstić information content (AvgIpc) is 2.66. The quantitative estimate of drug-likeness (QED) is 0.741. The second-order valence-corrected chi connectivity index (χ2v) is 7.93. The number of nitrogens with one attached hydrogen (secondary N) is 2. The molecule has 0 aromatic heterocycles. The Morgan fingerprint density at radius 2 is 1.74 bits per heavy atom. The monoisotopic (exact) mass is 391 g/mol. The van der Waals surface area contributed by atoms with Crippen molar-refractivity contribution in [3.05, 3.63) is 54.1 Å². The minimum absolute atomic E-state index is 0.00262. The van der Waals surface area contributed by atoms with E-state index in [1.54, 1.807) is 31.4 Å². The van der Waals surface area contributed by atoms with E-state index < -0.39 is 21.8 Å². The Bertz CT molecular complexity index is 924. The Labute approximate surface area is 158 Å². The number of nitrogens with zero attached hydrogens (tertiary/aromatic N) is 1. The van der Waals surface area contributed by atoms with Crippen molar-refractivity contribution in [2.45, 2.75) is 4.90 Å². The summed E-state index contributed by atoms with van der Waals surface area (Å²) in [4.78, 5) is 24.2. The van der Waals surface area contributed by atoms with E-state index in [0.717, 1.165) is 4.31 Å². The molecule has 0 spiro atoms. The van der Waals surface area contributed by atoms with Gasteiger partial charge in [0, 0.05) is 25.3 Å². The van der Waals surface area contributed by atoms with Crippen LogP contribution in [-0.4, -0.2) is 52.3 Å². The van der Waals surface area contributed by atoms with Crippen LogP contribution in [0, 0.1) is 0 Å². The van der Waals surface area contributed by atoms with Gasteiger partial charge in [-0.15, -0.1) is 0 Å². The molecule has 27 heavy (non-hydrogen) atoms. The van der Waals surface area contributed by atoms with E-state index in [2.05, 4.69) is 10.6 Å². The molecule has 8 nitrogen and oxygen atoms in total. The lowest BCUT2D eigenvalue weighted by atomic mass is 10.2. The summed E-state index contributed by atoms with van der Waals surface area (Å²) in [7, 11) is 0.713. The maximum atomic E-state index is 12.2. The largest absolute Gasteiger partial charge is 0.497 e. The molecule has 0 saturated carbocycles. The molecule has 0 fully saturated rings. The molecule has 0 unspecified atom stereocenters. The molecule has 2 N–H and O–H groups in total. The number of benzene rings is 2. The van der Waals surface area contributed by atoms with Crippen LogP contribution in [0.5, 0.6) is 5.75 Å². The summed E-state index contributed by atoms with van der Waals surface area (Å²) in [5, 5.41) is 5.10. The lowest BCUT2D eigenvalue weighted by Gasteiger charge is -2.12. The molecular formula is C18H21N3O5S. The van der Waals surface area contributed by atoms with Gasteiger partial charge in [-0.1, -0.05) is 6.07 Å². The highest BCUT2D eigenvalue weighted by atomic mass is 32.2. The molecule has 0 radical (unpaired) electrons. The predicted octanol–water partition coefficient (Wildman–Crippen LogP) is 1.31. The molecule has 0 aliphatic carbocycles. The first-order valence-electron chi connectivity index (χ1n) is 7.98. The van der Waals surface area contributed by atoms with E-state index in [1.165, 1.54) is 38.4 Å². The lowest BCUT2D eigenvalue weighted by Crippen LogP contribution is -2.33. The number of amides is 2. The van der Waals surface area contributed by atoms with Gasteiger partial charge < -0.3 is 15.4 Å². The molecule has 0 aliphatic rings. The fraction of sp³-hybridized carbons (Fsp3) is 0.222. The SMILES string of the molecule is COc1ccc(NC(=O)CNC(=O)c2cccc(S(=O)(=O)N(C)C)c2)cc1. The molecule has 0 aliphatic heterocycles. The van der Waals surface area contributed by atoms with Crippen LogP contribution in [0.15, 0.2) is 53.4 Å². The van der Waals surface area contributed by atoms with Crippen LogP contribution in [0.1, 0.15) is 10.4 Å². The topological polar surface area (TPSA) is 105 Å². The van der Waals surface area contributed by atoms with Crippen molar-refractivity contribution in [2.24, 2.45) is 0 Å². The zero-order valence-electron chi connectivity index (χ0n) is 15.2. The molecule has 2 amide bonds. The van der Waals surface area contributed by atoms with E-state index in [4.69, 9.17) is 4.74 Å². The van der Waals surface area contributed by atoms with Crippen LogP contribution in [0.25, 0.3) is 0 Å². The number of anilines is 1. The molecule has 9 heteroatoms. The molecule has 0 saturated heterocycles. The highest BCUT2D eigenvalue weighted by Crippen LogP contribution is 2.16.